The third-order valence-corrected chi connectivity index (χ3v) is 3.68. The minimum Gasteiger partial charge on any atom is -0.486 e. The summed E-state index contributed by atoms with van der Waals surface area (Å²) < 4.78 is 10.9. The van der Waals surface area contributed by atoms with Crippen molar-refractivity contribution in [2.75, 3.05) is 18.9 Å². The van der Waals surface area contributed by atoms with Crippen LogP contribution < -0.4 is 15.2 Å². The molecule has 0 bridgehead atoms. The summed E-state index contributed by atoms with van der Waals surface area (Å²) in [6, 6.07) is 7.87. The van der Waals surface area contributed by atoms with E-state index < -0.39 is 0 Å². The minimum atomic E-state index is -0.286. The first-order valence-corrected chi connectivity index (χ1v) is 7.01. The maximum absolute atomic E-state index is 12.6. The second-order valence-electron chi connectivity index (χ2n) is 4.54. The number of benzene rings is 2. The fourth-order valence-corrected chi connectivity index (χ4v) is 2.54. The molecule has 2 N–H and O–H groups in total. The van der Waals surface area contributed by atoms with Gasteiger partial charge in [-0.15, -0.1) is 0 Å². The predicted molar refractivity (Wildman–Crippen MR) is 81.7 cm³/mol. The van der Waals surface area contributed by atoms with Crippen LogP contribution in [0.1, 0.15) is 15.9 Å². The van der Waals surface area contributed by atoms with Crippen LogP contribution in [-0.2, 0) is 0 Å². The van der Waals surface area contributed by atoms with E-state index in [0.717, 1.165) is 0 Å². The van der Waals surface area contributed by atoms with Crippen molar-refractivity contribution in [3.05, 3.63) is 51.5 Å². The summed E-state index contributed by atoms with van der Waals surface area (Å²) in [4.78, 5) is 12.6. The number of ether oxygens (including phenoxy) is 2. The number of fused-ring (bicyclic) bond motifs is 1. The Balaban J connectivity index is 2.05. The van der Waals surface area contributed by atoms with Gasteiger partial charge in [-0.3, -0.25) is 4.79 Å². The molecular weight excluding hydrogens is 313 g/mol. The summed E-state index contributed by atoms with van der Waals surface area (Å²) >= 11 is 12.0. The van der Waals surface area contributed by atoms with E-state index in [1.165, 1.54) is 6.07 Å². The highest BCUT2D eigenvalue weighted by Crippen LogP contribution is 2.36. The summed E-state index contributed by atoms with van der Waals surface area (Å²) in [6.07, 6.45) is 0. The first-order chi connectivity index (χ1) is 10.1. The van der Waals surface area contributed by atoms with Crippen LogP contribution in [0.4, 0.5) is 5.69 Å². The Morgan fingerprint density at radius 2 is 1.67 bits per heavy atom. The van der Waals surface area contributed by atoms with Gasteiger partial charge >= 0.3 is 0 Å². The van der Waals surface area contributed by atoms with Gasteiger partial charge in [-0.2, -0.15) is 0 Å². The molecule has 108 valence electrons. The summed E-state index contributed by atoms with van der Waals surface area (Å²) in [5, 5.41) is 0.760. The zero-order valence-electron chi connectivity index (χ0n) is 10.9. The Hall–Kier alpha value is -1.91. The fourth-order valence-electron chi connectivity index (χ4n) is 2.12. The van der Waals surface area contributed by atoms with Crippen LogP contribution in [0.3, 0.4) is 0 Å². The number of ketones is 1. The van der Waals surface area contributed by atoms with E-state index in [2.05, 4.69) is 0 Å². The van der Waals surface area contributed by atoms with Gasteiger partial charge in [0.1, 0.15) is 13.2 Å². The monoisotopic (exact) mass is 323 g/mol. The van der Waals surface area contributed by atoms with Crippen molar-refractivity contribution >= 4 is 34.7 Å². The highest BCUT2D eigenvalue weighted by Gasteiger charge is 2.21. The highest BCUT2D eigenvalue weighted by atomic mass is 35.5. The average Bonchev–Trinajstić information content (AvgIpc) is 2.46. The van der Waals surface area contributed by atoms with Gasteiger partial charge in [0.25, 0.3) is 0 Å². The summed E-state index contributed by atoms with van der Waals surface area (Å²) in [6.45, 7) is 0.895. The number of nitrogens with two attached hydrogens (primary N) is 1. The predicted octanol–water partition coefficient (Wildman–Crippen LogP) is 3.58. The number of anilines is 1. The van der Waals surface area contributed by atoms with Crippen LogP contribution in [0.2, 0.25) is 10.0 Å². The molecule has 0 spiro atoms. The van der Waals surface area contributed by atoms with Crippen molar-refractivity contribution in [3.8, 4) is 11.5 Å². The van der Waals surface area contributed by atoms with E-state index in [0.29, 0.717) is 51.6 Å². The molecule has 21 heavy (non-hydrogen) atoms. The first kappa shape index (κ1) is 14.0. The molecule has 0 saturated carbocycles. The molecule has 0 aromatic heterocycles. The Bertz CT molecular complexity index is 731. The van der Waals surface area contributed by atoms with Crippen molar-refractivity contribution in [2.24, 2.45) is 0 Å². The largest absolute Gasteiger partial charge is 0.486 e. The number of hydrogen-bond acceptors (Lipinski definition) is 4. The quantitative estimate of drug-likeness (QED) is 0.677. The average molecular weight is 324 g/mol. The van der Waals surface area contributed by atoms with Gasteiger partial charge in [0.15, 0.2) is 17.3 Å². The Kier molecular flexibility index (Phi) is 3.66. The lowest BCUT2D eigenvalue weighted by molar-refractivity contribution is 0.103. The first-order valence-electron chi connectivity index (χ1n) is 6.25. The fraction of sp³-hybridized carbons (Fsp3) is 0.133. The summed E-state index contributed by atoms with van der Waals surface area (Å²) in [5.41, 5.74) is 6.81. The van der Waals surface area contributed by atoms with Crippen LogP contribution in [0.5, 0.6) is 11.5 Å². The highest BCUT2D eigenvalue weighted by molar-refractivity contribution is 6.35. The van der Waals surface area contributed by atoms with E-state index in [4.69, 9.17) is 38.4 Å². The van der Waals surface area contributed by atoms with Crippen LogP contribution >= 0.6 is 23.2 Å². The number of carbonyl (C=O) groups is 1. The van der Waals surface area contributed by atoms with Crippen LogP contribution in [0.15, 0.2) is 30.3 Å². The Labute approximate surface area is 131 Å². The SMILES string of the molecule is Nc1cc(Cl)ccc1C(=O)c1cc2c(cc1Cl)OCCO2. The van der Waals surface area contributed by atoms with Crippen LogP contribution in [0.25, 0.3) is 0 Å². The lowest BCUT2D eigenvalue weighted by atomic mass is 10.0. The molecule has 2 aromatic carbocycles. The van der Waals surface area contributed by atoms with E-state index in [1.807, 2.05) is 0 Å². The molecular formula is C15H11Cl2NO3. The number of hydrogen-bond donors (Lipinski definition) is 1. The molecule has 0 atom stereocenters. The molecule has 0 amide bonds. The van der Waals surface area contributed by atoms with E-state index >= 15 is 0 Å². The molecule has 2 aromatic rings. The van der Waals surface area contributed by atoms with Gasteiger partial charge in [-0.1, -0.05) is 23.2 Å². The molecule has 0 radical (unpaired) electrons. The van der Waals surface area contributed by atoms with Crippen molar-refractivity contribution in [2.45, 2.75) is 0 Å². The Morgan fingerprint density at radius 3 is 2.33 bits per heavy atom. The lowest BCUT2D eigenvalue weighted by Crippen LogP contribution is -2.16. The van der Waals surface area contributed by atoms with Gasteiger partial charge in [0, 0.05) is 27.9 Å². The maximum Gasteiger partial charge on any atom is 0.196 e. The molecule has 1 aliphatic rings. The molecule has 0 saturated heterocycles. The van der Waals surface area contributed by atoms with E-state index in [-0.39, 0.29) is 5.78 Å². The molecule has 0 aliphatic carbocycles. The van der Waals surface area contributed by atoms with Crippen molar-refractivity contribution in [3.63, 3.8) is 0 Å². The molecule has 1 aliphatic heterocycles. The third-order valence-electron chi connectivity index (χ3n) is 3.13. The smallest absolute Gasteiger partial charge is 0.196 e. The number of nitrogen functional groups attached to an aromatic ring is 1. The van der Waals surface area contributed by atoms with Gasteiger partial charge < -0.3 is 15.2 Å². The van der Waals surface area contributed by atoms with Gasteiger partial charge in [-0.25, -0.2) is 0 Å². The number of carbonyl (C=O) groups excluding carboxylic acids is 1. The number of halogens is 2. The van der Waals surface area contributed by atoms with Gasteiger partial charge in [0.05, 0.1) is 5.02 Å². The minimum absolute atomic E-state index is 0.286. The third kappa shape index (κ3) is 2.64. The molecule has 0 unspecified atom stereocenters. The molecule has 4 nitrogen and oxygen atoms in total. The van der Waals surface area contributed by atoms with Gasteiger partial charge in [-0.05, 0) is 24.3 Å². The van der Waals surface area contributed by atoms with Crippen molar-refractivity contribution in [1.82, 2.24) is 0 Å². The standard InChI is InChI=1S/C15H11Cl2NO3/c16-8-1-2-9(12(18)5-8)15(19)10-6-13-14(7-11(10)17)21-4-3-20-13/h1-2,5-7H,3-4,18H2. The van der Waals surface area contributed by atoms with Crippen LogP contribution in [-0.4, -0.2) is 19.0 Å². The molecule has 6 heteroatoms. The summed E-state index contributed by atoms with van der Waals surface area (Å²) in [7, 11) is 0. The summed E-state index contributed by atoms with van der Waals surface area (Å²) in [5.74, 6) is 0.750. The van der Waals surface area contributed by atoms with Crippen molar-refractivity contribution < 1.29 is 14.3 Å². The molecule has 3 rings (SSSR count). The number of rotatable bonds is 2. The normalized spacial score (nSPS) is 13.0. The zero-order valence-corrected chi connectivity index (χ0v) is 12.4. The van der Waals surface area contributed by atoms with Gasteiger partial charge in [0.2, 0.25) is 0 Å². The van der Waals surface area contributed by atoms with Crippen LogP contribution in [0, 0.1) is 0 Å². The second kappa shape index (κ2) is 5.47. The lowest BCUT2D eigenvalue weighted by Gasteiger charge is -2.19. The van der Waals surface area contributed by atoms with Crippen molar-refractivity contribution in [1.29, 1.82) is 0 Å². The molecule has 1 heterocycles. The molecule has 0 fully saturated rings. The van der Waals surface area contributed by atoms with E-state index in [9.17, 15) is 4.79 Å². The second-order valence-corrected chi connectivity index (χ2v) is 5.38. The topological polar surface area (TPSA) is 61.6 Å². The maximum atomic E-state index is 12.6. The Morgan fingerprint density at radius 1 is 1.00 bits per heavy atom. The van der Waals surface area contributed by atoms with E-state index in [1.54, 1.807) is 24.3 Å². The zero-order chi connectivity index (χ0) is 15.0.